The van der Waals surface area contributed by atoms with Gasteiger partial charge in [0, 0.05) is 11.5 Å². The minimum atomic E-state index is -0.340. The average Bonchev–Trinajstić information content (AvgIpc) is 3.10. The Balaban J connectivity index is 1.50. The highest BCUT2D eigenvalue weighted by molar-refractivity contribution is 5.85. The molecule has 0 aromatic heterocycles. The smallest absolute Gasteiger partial charge is 0.331 e. The highest BCUT2D eigenvalue weighted by Gasteiger charge is 2.65. The van der Waals surface area contributed by atoms with E-state index in [0.29, 0.717) is 11.8 Å². The van der Waals surface area contributed by atoms with Gasteiger partial charge in [0.2, 0.25) is 0 Å². The fourth-order valence-electron chi connectivity index (χ4n) is 7.57. The van der Waals surface area contributed by atoms with Gasteiger partial charge in [0.25, 0.3) is 0 Å². The lowest BCUT2D eigenvalue weighted by molar-refractivity contribution is -0.162. The molecule has 0 bridgehead atoms. The second-order valence-electron chi connectivity index (χ2n) is 9.79. The summed E-state index contributed by atoms with van der Waals surface area (Å²) in [5, 5.41) is 10.1. The van der Waals surface area contributed by atoms with E-state index in [2.05, 4.69) is 26.0 Å². The first kappa shape index (κ1) is 16.1. The van der Waals surface area contributed by atoms with Crippen LogP contribution in [0.3, 0.4) is 0 Å². The largest absolute Gasteiger partial charge is 0.451 e. The molecule has 5 rings (SSSR count). The third-order valence-corrected chi connectivity index (χ3v) is 9.03. The van der Waals surface area contributed by atoms with E-state index in [1.54, 1.807) is 6.08 Å². The topological polar surface area (TPSA) is 46.5 Å². The van der Waals surface area contributed by atoms with Gasteiger partial charge in [0.1, 0.15) is 5.60 Å². The summed E-state index contributed by atoms with van der Waals surface area (Å²) in [5.74, 6) is 1.93. The summed E-state index contributed by atoms with van der Waals surface area (Å²) in [6.45, 7) is 4.85. The molecule has 0 saturated heterocycles. The predicted molar refractivity (Wildman–Crippen MR) is 95.7 cm³/mol. The molecule has 5 aliphatic rings. The van der Waals surface area contributed by atoms with Crippen molar-refractivity contribution in [2.75, 3.05) is 0 Å². The number of hydrogen-bond acceptors (Lipinski definition) is 3. The first-order valence-corrected chi connectivity index (χ1v) is 10.2. The van der Waals surface area contributed by atoms with Crippen molar-refractivity contribution in [3.05, 3.63) is 23.8 Å². The van der Waals surface area contributed by atoms with Crippen LogP contribution in [-0.2, 0) is 9.53 Å². The maximum Gasteiger partial charge on any atom is 0.331 e. The van der Waals surface area contributed by atoms with E-state index in [1.165, 1.54) is 18.4 Å². The number of aliphatic hydroxyl groups excluding tert-OH is 1. The second kappa shape index (κ2) is 5.00. The van der Waals surface area contributed by atoms with Crippen LogP contribution in [0, 0.1) is 28.6 Å². The van der Waals surface area contributed by atoms with Gasteiger partial charge in [-0.1, -0.05) is 25.5 Å². The molecule has 0 aromatic rings. The maximum atomic E-state index is 11.8. The summed E-state index contributed by atoms with van der Waals surface area (Å²) in [7, 11) is 0. The number of rotatable bonds is 0. The van der Waals surface area contributed by atoms with Crippen molar-refractivity contribution in [1.82, 2.24) is 0 Å². The Bertz CT molecular complexity index is 679. The van der Waals surface area contributed by atoms with Gasteiger partial charge in [0.05, 0.1) is 6.10 Å². The molecule has 4 aliphatic carbocycles. The van der Waals surface area contributed by atoms with Crippen LogP contribution in [0.1, 0.15) is 65.2 Å². The summed E-state index contributed by atoms with van der Waals surface area (Å²) >= 11 is 0. The number of ether oxygens (including phenoxy) is 1. The zero-order chi connectivity index (χ0) is 17.4. The number of allylic oxidation sites excluding steroid dienone is 1. The monoisotopic (exact) mass is 342 g/mol. The normalized spacial score (nSPS) is 53.9. The van der Waals surface area contributed by atoms with Crippen molar-refractivity contribution in [2.24, 2.45) is 28.6 Å². The van der Waals surface area contributed by atoms with Crippen molar-refractivity contribution in [1.29, 1.82) is 0 Å². The lowest BCUT2D eigenvalue weighted by atomic mass is 9.47. The van der Waals surface area contributed by atoms with Crippen molar-refractivity contribution >= 4 is 5.97 Å². The number of hydrogen-bond donors (Lipinski definition) is 1. The van der Waals surface area contributed by atoms with Gasteiger partial charge in [-0.15, -0.1) is 0 Å². The standard InChI is InChI=1S/C22H30O3/c1-20-9-5-15(23)13-14(20)3-4-16-17(20)6-10-21(2)18(16)7-11-22(21)12-8-19(24)25-22/h3,8,12,15-18,23H,4-7,9-11,13H2,1-2H3/t15?,16?,17?,18?,20-,21-,22?/m0/s1. The number of carbonyl (C=O) groups is 1. The van der Waals surface area contributed by atoms with Crippen LogP contribution >= 0.6 is 0 Å². The van der Waals surface area contributed by atoms with E-state index in [4.69, 9.17) is 4.74 Å². The molecule has 7 atom stereocenters. The van der Waals surface area contributed by atoms with Crippen molar-refractivity contribution in [2.45, 2.75) is 76.9 Å². The highest BCUT2D eigenvalue weighted by atomic mass is 16.6. The number of aliphatic hydroxyl groups is 1. The van der Waals surface area contributed by atoms with Crippen LogP contribution in [0.2, 0.25) is 0 Å². The Kier molecular flexibility index (Phi) is 3.22. The molecule has 1 aliphatic heterocycles. The molecular weight excluding hydrogens is 312 g/mol. The number of esters is 1. The van der Waals surface area contributed by atoms with E-state index in [1.807, 2.05) is 0 Å². The Morgan fingerprint density at radius 2 is 1.92 bits per heavy atom. The fraction of sp³-hybridized carbons (Fsp3) is 0.773. The number of carbonyl (C=O) groups excluding carboxylic acids is 1. The van der Waals surface area contributed by atoms with Crippen molar-refractivity contribution in [3.8, 4) is 0 Å². The molecule has 0 radical (unpaired) electrons. The summed E-state index contributed by atoms with van der Waals surface area (Å²) < 4.78 is 5.91. The third kappa shape index (κ3) is 1.94. The molecule has 3 heteroatoms. The van der Waals surface area contributed by atoms with E-state index in [-0.39, 0.29) is 28.5 Å². The SMILES string of the molecule is C[C@]12CCC(O)CC1=CCC1C2CC[C@@]2(C)C1CCC21C=CC(=O)O1. The molecule has 3 nitrogen and oxygen atoms in total. The molecule has 1 heterocycles. The van der Waals surface area contributed by atoms with Crippen LogP contribution in [0.25, 0.3) is 0 Å². The Morgan fingerprint density at radius 3 is 2.68 bits per heavy atom. The minimum Gasteiger partial charge on any atom is -0.451 e. The fourth-order valence-corrected chi connectivity index (χ4v) is 7.57. The van der Waals surface area contributed by atoms with Gasteiger partial charge in [-0.2, -0.15) is 0 Å². The number of fused-ring (bicyclic) bond motifs is 6. The molecule has 136 valence electrons. The van der Waals surface area contributed by atoms with Crippen LogP contribution in [0.4, 0.5) is 0 Å². The molecule has 0 aromatic carbocycles. The van der Waals surface area contributed by atoms with Crippen LogP contribution < -0.4 is 0 Å². The highest BCUT2D eigenvalue weighted by Crippen LogP contribution is 2.68. The van der Waals surface area contributed by atoms with Gasteiger partial charge in [-0.05, 0) is 80.6 Å². The molecule has 25 heavy (non-hydrogen) atoms. The molecule has 0 amide bonds. The maximum absolute atomic E-state index is 11.8. The van der Waals surface area contributed by atoms with Gasteiger partial charge in [-0.25, -0.2) is 4.79 Å². The predicted octanol–water partition coefficient (Wildman–Crippen LogP) is 4.16. The zero-order valence-corrected chi connectivity index (χ0v) is 15.5. The Labute approximate surface area is 150 Å². The molecule has 1 N–H and O–H groups in total. The third-order valence-electron chi connectivity index (χ3n) is 9.03. The summed E-state index contributed by atoms with van der Waals surface area (Å²) in [6, 6.07) is 0. The van der Waals surface area contributed by atoms with E-state index < -0.39 is 0 Å². The summed E-state index contributed by atoms with van der Waals surface area (Å²) in [6.07, 6.45) is 14.7. The van der Waals surface area contributed by atoms with E-state index in [0.717, 1.165) is 44.4 Å². The first-order chi connectivity index (χ1) is 11.9. The first-order valence-electron chi connectivity index (χ1n) is 10.2. The lowest BCUT2D eigenvalue weighted by Gasteiger charge is -2.58. The van der Waals surface area contributed by atoms with Crippen LogP contribution in [0.5, 0.6) is 0 Å². The van der Waals surface area contributed by atoms with E-state index in [9.17, 15) is 9.90 Å². The average molecular weight is 342 g/mol. The van der Waals surface area contributed by atoms with Crippen LogP contribution in [-0.4, -0.2) is 22.8 Å². The van der Waals surface area contributed by atoms with Crippen molar-refractivity contribution in [3.63, 3.8) is 0 Å². The molecular formula is C22H30O3. The molecule has 3 fully saturated rings. The quantitative estimate of drug-likeness (QED) is 0.531. The zero-order valence-electron chi connectivity index (χ0n) is 15.5. The summed E-state index contributed by atoms with van der Waals surface area (Å²) in [4.78, 5) is 11.8. The van der Waals surface area contributed by atoms with Crippen molar-refractivity contribution < 1.29 is 14.6 Å². The molecule has 1 spiro atoms. The van der Waals surface area contributed by atoms with Gasteiger partial charge >= 0.3 is 5.97 Å². The Morgan fingerprint density at radius 1 is 1.12 bits per heavy atom. The molecule has 5 unspecified atom stereocenters. The second-order valence-corrected chi connectivity index (χ2v) is 9.79. The van der Waals surface area contributed by atoms with Gasteiger partial charge in [-0.3, -0.25) is 0 Å². The lowest BCUT2D eigenvalue weighted by Crippen LogP contribution is -2.54. The van der Waals surface area contributed by atoms with E-state index >= 15 is 0 Å². The Hall–Kier alpha value is -1.09. The van der Waals surface area contributed by atoms with Gasteiger partial charge < -0.3 is 9.84 Å². The van der Waals surface area contributed by atoms with Gasteiger partial charge in [0.15, 0.2) is 0 Å². The molecule has 3 saturated carbocycles. The minimum absolute atomic E-state index is 0.0900. The summed E-state index contributed by atoms with van der Waals surface area (Å²) in [5.41, 5.74) is 1.55. The van der Waals surface area contributed by atoms with Crippen LogP contribution in [0.15, 0.2) is 23.8 Å².